The van der Waals surface area contributed by atoms with Crippen molar-refractivity contribution in [3.8, 4) is 0 Å². The van der Waals surface area contributed by atoms with Crippen LogP contribution in [0.15, 0.2) is 18.2 Å². The molecule has 0 spiro atoms. The lowest BCUT2D eigenvalue weighted by Crippen LogP contribution is -2.29. The van der Waals surface area contributed by atoms with Crippen LogP contribution in [-0.4, -0.2) is 27.3 Å². The van der Waals surface area contributed by atoms with E-state index in [9.17, 15) is 8.42 Å². The molecule has 1 aromatic carbocycles. The summed E-state index contributed by atoms with van der Waals surface area (Å²) in [5.41, 5.74) is 3.77. The number of hydrogen-bond acceptors (Lipinski definition) is 3. The average molecular weight is 310 g/mol. The number of nitrogens with one attached hydrogen (secondary N) is 2. The van der Waals surface area contributed by atoms with Gasteiger partial charge in [-0.05, 0) is 42.7 Å². The molecule has 1 aliphatic rings. The van der Waals surface area contributed by atoms with Gasteiger partial charge < -0.3 is 5.32 Å². The zero-order valence-corrected chi connectivity index (χ0v) is 13.8. The zero-order valence-electron chi connectivity index (χ0n) is 13.0. The fraction of sp³-hybridized carbons (Fsp3) is 0.625. The highest BCUT2D eigenvalue weighted by atomic mass is 32.2. The third-order valence-electron chi connectivity index (χ3n) is 3.84. The molecule has 0 unspecified atom stereocenters. The van der Waals surface area contributed by atoms with E-state index < -0.39 is 10.0 Å². The predicted octanol–water partition coefficient (Wildman–Crippen LogP) is 2.55. The molecule has 0 atom stereocenters. The van der Waals surface area contributed by atoms with E-state index in [4.69, 9.17) is 0 Å². The lowest BCUT2D eigenvalue weighted by Gasteiger charge is -2.21. The fourth-order valence-electron chi connectivity index (χ4n) is 2.59. The highest BCUT2D eigenvalue weighted by Gasteiger charge is 2.14. The number of benzene rings is 1. The summed E-state index contributed by atoms with van der Waals surface area (Å²) < 4.78 is 26.5. The van der Waals surface area contributed by atoms with E-state index >= 15 is 0 Å². The molecule has 0 fully saturated rings. The SMILES string of the molecule is CC(C)CCS(=O)(=O)NCCc1cccc2c1NCCC2. The smallest absolute Gasteiger partial charge is 0.211 e. The maximum absolute atomic E-state index is 11.9. The molecule has 0 aliphatic carbocycles. The average Bonchev–Trinajstić information content (AvgIpc) is 2.45. The first kappa shape index (κ1) is 16.3. The van der Waals surface area contributed by atoms with E-state index in [2.05, 4.69) is 28.2 Å². The van der Waals surface area contributed by atoms with Gasteiger partial charge in [0, 0.05) is 18.8 Å². The van der Waals surface area contributed by atoms with E-state index in [1.807, 2.05) is 13.8 Å². The summed E-state index contributed by atoms with van der Waals surface area (Å²) in [6.07, 6.45) is 3.71. The highest BCUT2D eigenvalue weighted by Crippen LogP contribution is 2.26. The highest BCUT2D eigenvalue weighted by molar-refractivity contribution is 7.89. The van der Waals surface area contributed by atoms with Crippen molar-refractivity contribution >= 4 is 15.7 Å². The molecule has 0 aromatic heterocycles. The van der Waals surface area contributed by atoms with Gasteiger partial charge in [-0.2, -0.15) is 0 Å². The maximum Gasteiger partial charge on any atom is 0.211 e. The van der Waals surface area contributed by atoms with E-state index in [0.717, 1.165) is 25.8 Å². The Morgan fingerprint density at radius 1 is 1.33 bits per heavy atom. The second kappa shape index (κ2) is 7.27. The third kappa shape index (κ3) is 5.00. The van der Waals surface area contributed by atoms with Crippen LogP contribution in [0.2, 0.25) is 0 Å². The zero-order chi connectivity index (χ0) is 15.3. The minimum absolute atomic E-state index is 0.218. The molecular weight excluding hydrogens is 284 g/mol. The molecule has 2 N–H and O–H groups in total. The van der Waals surface area contributed by atoms with Crippen LogP contribution in [-0.2, 0) is 22.9 Å². The molecule has 0 saturated heterocycles. The Balaban J connectivity index is 1.89. The van der Waals surface area contributed by atoms with Gasteiger partial charge in [-0.1, -0.05) is 32.0 Å². The van der Waals surface area contributed by atoms with Crippen LogP contribution < -0.4 is 10.0 Å². The van der Waals surface area contributed by atoms with Crippen molar-refractivity contribution in [2.24, 2.45) is 5.92 Å². The van der Waals surface area contributed by atoms with Crippen LogP contribution in [0.5, 0.6) is 0 Å². The van der Waals surface area contributed by atoms with Gasteiger partial charge in [0.15, 0.2) is 0 Å². The molecule has 1 aliphatic heterocycles. The van der Waals surface area contributed by atoms with Gasteiger partial charge in [0.2, 0.25) is 10.0 Å². The van der Waals surface area contributed by atoms with Gasteiger partial charge >= 0.3 is 0 Å². The minimum atomic E-state index is -3.14. The van der Waals surface area contributed by atoms with Crippen LogP contribution in [0.1, 0.15) is 37.8 Å². The molecule has 1 heterocycles. The summed E-state index contributed by atoms with van der Waals surface area (Å²) in [5, 5.41) is 3.44. The predicted molar refractivity (Wildman–Crippen MR) is 88.2 cm³/mol. The molecule has 118 valence electrons. The Morgan fingerprint density at radius 3 is 2.90 bits per heavy atom. The molecule has 0 saturated carbocycles. The van der Waals surface area contributed by atoms with Crippen molar-refractivity contribution in [3.63, 3.8) is 0 Å². The van der Waals surface area contributed by atoms with Crippen molar-refractivity contribution in [2.45, 2.75) is 39.5 Å². The third-order valence-corrected chi connectivity index (χ3v) is 5.26. The maximum atomic E-state index is 11.9. The van der Waals surface area contributed by atoms with E-state index in [1.165, 1.54) is 16.8 Å². The molecule has 4 nitrogen and oxygen atoms in total. The van der Waals surface area contributed by atoms with Gasteiger partial charge in [-0.15, -0.1) is 0 Å². The molecule has 21 heavy (non-hydrogen) atoms. The van der Waals surface area contributed by atoms with E-state index in [-0.39, 0.29) is 5.75 Å². The first-order valence-corrected chi connectivity index (χ1v) is 9.45. The summed E-state index contributed by atoms with van der Waals surface area (Å²) in [4.78, 5) is 0. The summed E-state index contributed by atoms with van der Waals surface area (Å²) in [5.74, 6) is 0.627. The molecule has 5 heteroatoms. The second-order valence-electron chi connectivity index (χ2n) is 6.13. The Hall–Kier alpha value is -1.07. The van der Waals surface area contributed by atoms with Crippen molar-refractivity contribution in [1.82, 2.24) is 4.72 Å². The van der Waals surface area contributed by atoms with Crippen LogP contribution in [0, 0.1) is 5.92 Å². The summed E-state index contributed by atoms with van der Waals surface area (Å²) in [7, 11) is -3.14. The topological polar surface area (TPSA) is 58.2 Å². The molecular formula is C16H26N2O2S. The Bertz CT molecular complexity index is 568. The molecule has 2 rings (SSSR count). The monoisotopic (exact) mass is 310 g/mol. The van der Waals surface area contributed by atoms with Gasteiger partial charge in [-0.25, -0.2) is 13.1 Å². The molecule has 0 bridgehead atoms. The first-order valence-electron chi connectivity index (χ1n) is 7.80. The standard InChI is InChI=1S/C16H26N2O2S/c1-13(2)9-12-21(19,20)18-11-8-15-6-3-5-14-7-4-10-17-16(14)15/h3,5-6,13,17-18H,4,7-12H2,1-2H3. The minimum Gasteiger partial charge on any atom is -0.385 e. The van der Waals surface area contributed by atoms with Gasteiger partial charge in [0.1, 0.15) is 0 Å². The van der Waals surface area contributed by atoms with Crippen molar-refractivity contribution in [3.05, 3.63) is 29.3 Å². The second-order valence-corrected chi connectivity index (χ2v) is 8.05. The van der Waals surface area contributed by atoms with Gasteiger partial charge in [-0.3, -0.25) is 0 Å². The summed E-state index contributed by atoms with van der Waals surface area (Å²) in [6.45, 7) is 5.55. The van der Waals surface area contributed by atoms with Gasteiger partial charge in [0.05, 0.1) is 5.75 Å². The van der Waals surface area contributed by atoms with Crippen molar-refractivity contribution in [2.75, 3.05) is 24.2 Å². The lowest BCUT2D eigenvalue weighted by molar-refractivity contribution is 0.562. The molecule has 1 aromatic rings. The summed E-state index contributed by atoms with van der Waals surface area (Å²) >= 11 is 0. The number of sulfonamides is 1. The largest absolute Gasteiger partial charge is 0.385 e. The van der Waals surface area contributed by atoms with Gasteiger partial charge in [0.25, 0.3) is 0 Å². The van der Waals surface area contributed by atoms with E-state index in [0.29, 0.717) is 18.9 Å². The van der Waals surface area contributed by atoms with Crippen molar-refractivity contribution < 1.29 is 8.42 Å². The first-order chi connectivity index (χ1) is 9.98. The number of hydrogen-bond donors (Lipinski definition) is 2. The fourth-order valence-corrected chi connectivity index (χ4v) is 3.93. The number of anilines is 1. The van der Waals surface area contributed by atoms with Crippen molar-refractivity contribution in [1.29, 1.82) is 0 Å². The van der Waals surface area contributed by atoms with Crippen LogP contribution in [0.4, 0.5) is 5.69 Å². The molecule has 0 radical (unpaired) electrons. The Morgan fingerprint density at radius 2 is 2.14 bits per heavy atom. The number of fused-ring (bicyclic) bond motifs is 1. The number of para-hydroxylation sites is 1. The van der Waals surface area contributed by atoms with Crippen LogP contribution in [0.25, 0.3) is 0 Å². The number of rotatable bonds is 7. The Labute approximate surface area is 128 Å². The molecule has 0 amide bonds. The van der Waals surface area contributed by atoms with E-state index in [1.54, 1.807) is 0 Å². The lowest BCUT2D eigenvalue weighted by atomic mass is 9.98. The Kier molecular flexibility index (Phi) is 5.65. The van der Waals surface area contributed by atoms with Crippen LogP contribution in [0.3, 0.4) is 0 Å². The normalized spacial score (nSPS) is 14.8. The summed E-state index contributed by atoms with van der Waals surface area (Å²) in [6, 6.07) is 6.30. The van der Waals surface area contributed by atoms with Crippen LogP contribution >= 0.6 is 0 Å². The number of aryl methyl sites for hydroxylation is 1. The quantitative estimate of drug-likeness (QED) is 0.814.